The Balaban J connectivity index is 1.89. The van der Waals surface area contributed by atoms with E-state index in [1.807, 2.05) is 12.1 Å². The lowest BCUT2D eigenvalue weighted by Gasteiger charge is -2.32. The van der Waals surface area contributed by atoms with Crippen LogP contribution in [-0.4, -0.2) is 29.2 Å². The van der Waals surface area contributed by atoms with Gasteiger partial charge in [0.15, 0.2) is 10.2 Å². The summed E-state index contributed by atoms with van der Waals surface area (Å²) in [6, 6.07) is 12.4. The molecule has 0 aromatic heterocycles. The standard InChI is InChI=1S/C18H19N7S3/c1-2-25-13-5-3-11(9-21-23-17(19)26)7-15(13)28-16-8-12(4-6-14(16)25)10-22-24-18(20)27/h3-10H,2H2,1H3,(H3,19,23,26)(H3,20,24,27)/b21-9+,22-10+. The first kappa shape index (κ1) is 20.1. The van der Waals surface area contributed by atoms with Crippen LogP contribution in [0.25, 0.3) is 0 Å². The zero-order valence-corrected chi connectivity index (χ0v) is 17.5. The van der Waals surface area contributed by atoms with Crippen LogP contribution in [0.15, 0.2) is 56.4 Å². The highest BCUT2D eigenvalue weighted by molar-refractivity contribution is 7.99. The number of hydrogen-bond donors (Lipinski definition) is 4. The normalized spacial score (nSPS) is 12.7. The van der Waals surface area contributed by atoms with Gasteiger partial charge < -0.3 is 16.4 Å². The van der Waals surface area contributed by atoms with E-state index in [-0.39, 0.29) is 10.2 Å². The number of fused-ring (bicyclic) bond motifs is 2. The molecule has 1 aliphatic heterocycles. The Labute approximate surface area is 178 Å². The highest BCUT2D eigenvalue weighted by atomic mass is 32.2. The lowest BCUT2D eigenvalue weighted by atomic mass is 10.1. The number of thiocarbonyl (C=S) groups is 2. The van der Waals surface area contributed by atoms with Crippen molar-refractivity contribution in [3.63, 3.8) is 0 Å². The maximum Gasteiger partial charge on any atom is 0.184 e. The van der Waals surface area contributed by atoms with Gasteiger partial charge in [-0.1, -0.05) is 23.9 Å². The van der Waals surface area contributed by atoms with E-state index in [1.54, 1.807) is 24.2 Å². The highest BCUT2D eigenvalue weighted by Crippen LogP contribution is 2.48. The first-order valence-corrected chi connectivity index (χ1v) is 10.0. The van der Waals surface area contributed by atoms with Crippen LogP contribution < -0.4 is 27.2 Å². The maximum absolute atomic E-state index is 5.39. The lowest BCUT2D eigenvalue weighted by molar-refractivity contribution is 0.978. The van der Waals surface area contributed by atoms with Crippen LogP contribution >= 0.6 is 36.2 Å². The van der Waals surface area contributed by atoms with Gasteiger partial charge in [0.05, 0.1) is 23.8 Å². The van der Waals surface area contributed by atoms with E-state index in [4.69, 9.17) is 35.9 Å². The van der Waals surface area contributed by atoms with Crippen LogP contribution in [0, 0.1) is 0 Å². The van der Waals surface area contributed by atoms with E-state index in [0.29, 0.717) is 0 Å². The number of rotatable bonds is 5. The average Bonchev–Trinajstić information content (AvgIpc) is 2.65. The van der Waals surface area contributed by atoms with Crippen LogP contribution in [0.3, 0.4) is 0 Å². The van der Waals surface area contributed by atoms with Crippen molar-refractivity contribution in [2.45, 2.75) is 16.7 Å². The highest BCUT2D eigenvalue weighted by Gasteiger charge is 2.22. The first-order chi connectivity index (χ1) is 13.5. The molecule has 2 aromatic rings. The number of nitrogens with two attached hydrogens (primary N) is 2. The van der Waals surface area contributed by atoms with E-state index in [0.717, 1.165) is 38.8 Å². The van der Waals surface area contributed by atoms with Crippen molar-refractivity contribution in [2.75, 3.05) is 11.4 Å². The summed E-state index contributed by atoms with van der Waals surface area (Å²) in [5.74, 6) is 0. The third kappa shape index (κ3) is 4.77. The summed E-state index contributed by atoms with van der Waals surface area (Å²) >= 11 is 11.2. The Bertz CT molecular complexity index is 896. The van der Waals surface area contributed by atoms with Crippen LogP contribution in [0.5, 0.6) is 0 Å². The molecule has 0 spiro atoms. The van der Waals surface area contributed by atoms with Gasteiger partial charge in [-0.15, -0.1) is 0 Å². The summed E-state index contributed by atoms with van der Waals surface area (Å²) in [5, 5.41) is 8.32. The molecule has 0 radical (unpaired) electrons. The molecule has 0 saturated carbocycles. The molecule has 2 aromatic carbocycles. The lowest BCUT2D eigenvalue weighted by Crippen LogP contribution is -2.24. The fourth-order valence-corrected chi connectivity index (χ4v) is 4.06. The van der Waals surface area contributed by atoms with Gasteiger partial charge in [-0.2, -0.15) is 10.2 Å². The van der Waals surface area contributed by atoms with E-state index in [1.165, 1.54) is 0 Å². The van der Waals surface area contributed by atoms with Gasteiger partial charge in [0.1, 0.15) is 0 Å². The second-order valence-electron chi connectivity index (χ2n) is 5.77. The van der Waals surface area contributed by atoms with Crippen LogP contribution in [-0.2, 0) is 0 Å². The summed E-state index contributed by atoms with van der Waals surface area (Å²) < 4.78 is 0. The maximum atomic E-state index is 5.39. The van der Waals surface area contributed by atoms with E-state index >= 15 is 0 Å². The largest absolute Gasteiger partial charge is 0.375 e. The van der Waals surface area contributed by atoms with Crippen LogP contribution in [0.1, 0.15) is 18.1 Å². The van der Waals surface area contributed by atoms with Gasteiger partial charge in [-0.05, 0) is 66.8 Å². The smallest absolute Gasteiger partial charge is 0.184 e. The Hall–Kier alpha value is -2.69. The van der Waals surface area contributed by atoms with E-state index < -0.39 is 0 Å². The Kier molecular flexibility index (Phi) is 6.45. The van der Waals surface area contributed by atoms with Crippen molar-refractivity contribution in [1.29, 1.82) is 0 Å². The Morgan fingerprint density at radius 2 is 1.43 bits per heavy atom. The number of anilines is 2. The van der Waals surface area contributed by atoms with Crippen molar-refractivity contribution in [1.82, 2.24) is 10.9 Å². The number of hydrazone groups is 2. The predicted molar refractivity (Wildman–Crippen MR) is 125 cm³/mol. The summed E-state index contributed by atoms with van der Waals surface area (Å²) in [4.78, 5) is 4.57. The third-order valence-electron chi connectivity index (χ3n) is 3.86. The van der Waals surface area contributed by atoms with E-state index in [2.05, 4.69) is 57.1 Å². The molecule has 1 aliphatic rings. The van der Waals surface area contributed by atoms with Crippen LogP contribution in [0.4, 0.5) is 11.4 Å². The first-order valence-electron chi connectivity index (χ1n) is 8.38. The number of benzene rings is 2. The molecule has 0 bridgehead atoms. The number of hydrogen-bond acceptors (Lipinski definition) is 6. The molecule has 0 atom stereocenters. The van der Waals surface area contributed by atoms with Gasteiger partial charge in [0.2, 0.25) is 0 Å². The van der Waals surface area contributed by atoms with Crippen LogP contribution in [0.2, 0.25) is 0 Å². The molecule has 3 rings (SSSR count). The molecule has 144 valence electrons. The third-order valence-corrected chi connectivity index (χ3v) is 5.14. The zero-order valence-electron chi connectivity index (χ0n) is 15.0. The fourth-order valence-electron chi connectivity index (χ4n) is 2.76. The van der Waals surface area contributed by atoms with Crippen molar-refractivity contribution in [3.8, 4) is 0 Å². The molecular formula is C18H19N7S3. The fraction of sp³-hybridized carbons (Fsp3) is 0.111. The van der Waals surface area contributed by atoms with Crippen molar-refractivity contribution in [2.24, 2.45) is 21.7 Å². The van der Waals surface area contributed by atoms with Crippen molar-refractivity contribution >= 4 is 70.2 Å². The van der Waals surface area contributed by atoms with Gasteiger partial charge in [0, 0.05) is 16.3 Å². The van der Waals surface area contributed by atoms with Gasteiger partial charge in [-0.3, -0.25) is 10.9 Å². The predicted octanol–water partition coefficient (Wildman–Crippen LogP) is 2.64. The minimum absolute atomic E-state index is 0.133. The molecule has 0 amide bonds. The molecule has 0 unspecified atom stereocenters. The summed E-state index contributed by atoms with van der Waals surface area (Å²) in [6.45, 7) is 2.99. The number of nitrogens with one attached hydrogen (secondary N) is 2. The topological polar surface area (TPSA) is 104 Å². The zero-order chi connectivity index (χ0) is 20.1. The Morgan fingerprint density at radius 1 is 0.964 bits per heavy atom. The summed E-state index contributed by atoms with van der Waals surface area (Å²) in [6.07, 6.45) is 3.38. The van der Waals surface area contributed by atoms with Gasteiger partial charge in [-0.25, -0.2) is 0 Å². The summed E-state index contributed by atoms with van der Waals surface area (Å²) in [7, 11) is 0. The molecule has 0 saturated heterocycles. The van der Waals surface area contributed by atoms with Crippen molar-refractivity contribution in [3.05, 3.63) is 47.5 Å². The minimum Gasteiger partial charge on any atom is -0.375 e. The average molecular weight is 430 g/mol. The van der Waals surface area contributed by atoms with E-state index in [9.17, 15) is 0 Å². The second kappa shape index (κ2) is 9.00. The molecule has 6 N–H and O–H groups in total. The molecule has 7 nitrogen and oxygen atoms in total. The number of nitrogens with zero attached hydrogens (tertiary/aromatic N) is 3. The summed E-state index contributed by atoms with van der Waals surface area (Å²) in [5.41, 5.74) is 20.1. The minimum atomic E-state index is 0.133. The monoisotopic (exact) mass is 429 g/mol. The van der Waals surface area contributed by atoms with Gasteiger partial charge >= 0.3 is 0 Å². The molecule has 0 fully saturated rings. The molecule has 1 heterocycles. The quantitative estimate of drug-likeness (QED) is 0.327. The molecule has 0 aliphatic carbocycles. The van der Waals surface area contributed by atoms with Crippen molar-refractivity contribution < 1.29 is 0 Å². The Morgan fingerprint density at radius 3 is 1.82 bits per heavy atom. The molecular weight excluding hydrogens is 410 g/mol. The van der Waals surface area contributed by atoms with Gasteiger partial charge in [0.25, 0.3) is 0 Å². The molecule has 10 heteroatoms. The second-order valence-corrected chi connectivity index (χ2v) is 7.73. The SMILES string of the molecule is CCN1c2ccc(/C=N/NC(N)=S)cc2Sc2cc(/C=N/NC(N)=S)ccc21. The molecule has 28 heavy (non-hydrogen) atoms.